The lowest BCUT2D eigenvalue weighted by molar-refractivity contribution is -0.121. The van der Waals surface area contributed by atoms with E-state index in [4.69, 9.17) is 16.7 Å². The Morgan fingerprint density at radius 3 is 2.46 bits per heavy atom. The molecule has 1 aliphatic heterocycles. The van der Waals surface area contributed by atoms with Crippen LogP contribution in [0.1, 0.15) is 16.8 Å². The standard InChI is InChI=1S/C18H13ClN2O6S/c19-9-1-4-11(5-2-9)21-16(24)14(28-18(21)27)8-15(23)20-10-3-6-13(22)12(7-10)17(25)26/h1-7,14,22H,8H2,(H,20,23)(H,25,26). The Bertz CT molecular complexity index is 979. The van der Waals surface area contributed by atoms with Gasteiger partial charge in [0.2, 0.25) is 11.8 Å². The summed E-state index contributed by atoms with van der Waals surface area (Å²) in [4.78, 5) is 49.0. The van der Waals surface area contributed by atoms with E-state index >= 15 is 0 Å². The van der Waals surface area contributed by atoms with Crippen LogP contribution in [0.5, 0.6) is 5.75 Å². The van der Waals surface area contributed by atoms with Crippen LogP contribution in [0.4, 0.5) is 16.2 Å². The summed E-state index contributed by atoms with van der Waals surface area (Å²) in [6.45, 7) is 0. The molecular formula is C18H13ClN2O6S. The Kier molecular flexibility index (Phi) is 5.57. The number of phenols is 1. The normalized spacial score (nSPS) is 16.3. The lowest BCUT2D eigenvalue weighted by Crippen LogP contribution is -2.32. The highest BCUT2D eigenvalue weighted by Gasteiger charge is 2.41. The molecule has 0 spiro atoms. The van der Waals surface area contributed by atoms with E-state index in [-0.39, 0.29) is 17.7 Å². The lowest BCUT2D eigenvalue weighted by Gasteiger charge is -2.14. The maximum Gasteiger partial charge on any atom is 0.339 e. The highest BCUT2D eigenvalue weighted by atomic mass is 35.5. The number of carboxylic acids is 1. The first kappa shape index (κ1) is 19.7. The van der Waals surface area contributed by atoms with Gasteiger partial charge in [0.25, 0.3) is 5.24 Å². The van der Waals surface area contributed by atoms with Crippen molar-refractivity contribution in [3.8, 4) is 5.75 Å². The average Bonchev–Trinajstić information content (AvgIpc) is 2.91. The smallest absolute Gasteiger partial charge is 0.339 e. The van der Waals surface area contributed by atoms with Gasteiger partial charge in [-0.3, -0.25) is 14.4 Å². The first-order valence-electron chi connectivity index (χ1n) is 7.92. The number of aromatic carboxylic acids is 1. The Balaban J connectivity index is 1.69. The molecular weight excluding hydrogens is 408 g/mol. The fraction of sp³-hybridized carbons (Fsp3) is 0.111. The third-order valence-corrected chi connectivity index (χ3v) is 5.18. The van der Waals surface area contributed by atoms with Crippen LogP contribution in [-0.2, 0) is 9.59 Å². The number of nitrogens with one attached hydrogen (secondary N) is 1. The molecule has 3 N–H and O–H groups in total. The lowest BCUT2D eigenvalue weighted by atomic mass is 10.1. The van der Waals surface area contributed by atoms with Crippen molar-refractivity contribution in [3.05, 3.63) is 53.1 Å². The van der Waals surface area contributed by atoms with E-state index in [0.717, 1.165) is 28.8 Å². The summed E-state index contributed by atoms with van der Waals surface area (Å²) < 4.78 is 0. The van der Waals surface area contributed by atoms with Gasteiger partial charge >= 0.3 is 5.97 Å². The summed E-state index contributed by atoms with van der Waals surface area (Å²) in [5, 5.41) is 20.0. The predicted octanol–water partition coefficient (Wildman–Crippen LogP) is 3.34. The first-order valence-corrected chi connectivity index (χ1v) is 9.18. The molecule has 1 aliphatic rings. The van der Waals surface area contributed by atoms with Crippen molar-refractivity contribution in [1.29, 1.82) is 0 Å². The number of carboxylic acid groups (broad SMARTS) is 1. The second-order valence-corrected chi connectivity index (χ2v) is 7.40. The van der Waals surface area contributed by atoms with Crippen LogP contribution in [0.25, 0.3) is 0 Å². The molecule has 144 valence electrons. The summed E-state index contributed by atoms with van der Waals surface area (Å²) in [5.74, 6) is -2.88. The highest BCUT2D eigenvalue weighted by Crippen LogP contribution is 2.34. The van der Waals surface area contributed by atoms with Crippen molar-refractivity contribution in [2.24, 2.45) is 0 Å². The van der Waals surface area contributed by atoms with Crippen LogP contribution in [0.15, 0.2) is 42.5 Å². The Morgan fingerprint density at radius 2 is 1.82 bits per heavy atom. The largest absolute Gasteiger partial charge is 0.507 e. The van der Waals surface area contributed by atoms with Crippen molar-refractivity contribution in [2.75, 3.05) is 10.2 Å². The molecule has 0 aliphatic carbocycles. The number of carbonyl (C=O) groups excluding carboxylic acids is 3. The third-order valence-electron chi connectivity index (χ3n) is 3.89. The van der Waals surface area contributed by atoms with Crippen LogP contribution in [0, 0.1) is 0 Å². The van der Waals surface area contributed by atoms with Gasteiger partial charge in [-0.25, -0.2) is 9.69 Å². The van der Waals surface area contributed by atoms with E-state index in [1.54, 1.807) is 12.1 Å². The van der Waals surface area contributed by atoms with Gasteiger partial charge in [-0.15, -0.1) is 0 Å². The predicted molar refractivity (Wildman–Crippen MR) is 104 cm³/mol. The number of nitrogens with zero attached hydrogens (tertiary/aromatic N) is 1. The fourth-order valence-electron chi connectivity index (χ4n) is 2.58. The van der Waals surface area contributed by atoms with Crippen LogP contribution in [-0.4, -0.2) is 38.5 Å². The minimum atomic E-state index is -1.35. The zero-order valence-electron chi connectivity index (χ0n) is 14.1. The number of imide groups is 1. The quantitative estimate of drug-likeness (QED) is 0.633. The Morgan fingerprint density at radius 1 is 1.14 bits per heavy atom. The Hall–Kier alpha value is -3.04. The molecule has 28 heavy (non-hydrogen) atoms. The molecule has 0 saturated carbocycles. The van der Waals surface area contributed by atoms with Crippen LogP contribution < -0.4 is 10.2 Å². The topological polar surface area (TPSA) is 124 Å². The first-order chi connectivity index (χ1) is 13.3. The molecule has 10 heteroatoms. The molecule has 1 atom stereocenters. The number of anilines is 2. The zero-order chi connectivity index (χ0) is 20.4. The molecule has 3 rings (SSSR count). The summed E-state index contributed by atoms with van der Waals surface area (Å²) in [6.07, 6.45) is -0.275. The number of hydrogen-bond acceptors (Lipinski definition) is 6. The molecule has 0 radical (unpaired) electrons. The maximum atomic E-state index is 12.5. The van der Waals surface area contributed by atoms with E-state index in [0.29, 0.717) is 10.7 Å². The van der Waals surface area contributed by atoms with E-state index in [1.165, 1.54) is 18.2 Å². The fourth-order valence-corrected chi connectivity index (χ4v) is 3.69. The number of benzene rings is 2. The van der Waals surface area contributed by atoms with E-state index in [2.05, 4.69) is 5.32 Å². The minimum absolute atomic E-state index is 0.150. The molecule has 1 saturated heterocycles. The van der Waals surface area contributed by atoms with Crippen LogP contribution in [0.3, 0.4) is 0 Å². The molecule has 1 fully saturated rings. The molecule has 1 heterocycles. The molecule has 2 aromatic carbocycles. The van der Waals surface area contributed by atoms with Crippen molar-refractivity contribution in [2.45, 2.75) is 11.7 Å². The van der Waals surface area contributed by atoms with E-state index in [1.807, 2.05) is 0 Å². The van der Waals surface area contributed by atoms with Crippen molar-refractivity contribution in [1.82, 2.24) is 0 Å². The molecule has 0 bridgehead atoms. The van der Waals surface area contributed by atoms with Crippen LogP contribution >= 0.6 is 23.4 Å². The van der Waals surface area contributed by atoms with E-state index < -0.39 is 34.0 Å². The molecule has 2 aromatic rings. The molecule has 0 aromatic heterocycles. The van der Waals surface area contributed by atoms with Crippen molar-refractivity contribution < 1.29 is 29.4 Å². The summed E-state index contributed by atoms with van der Waals surface area (Å²) >= 11 is 6.55. The van der Waals surface area contributed by atoms with Crippen LogP contribution in [0.2, 0.25) is 5.02 Å². The number of thioether (sulfide) groups is 1. The maximum absolute atomic E-state index is 12.5. The summed E-state index contributed by atoms with van der Waals surface area (Å²) in [7, 11) is 0. The number of rotatable bonds is 5. The van der Waals surface area contributed by atoms with Gasteiger partial charge in [-0.2, -0.15) is 0 Å². The van der Waals surface area contributed by atoms with Gasteiger partial charge in [0.1, 0.15) is 16.6 Å². The van der Waals surface area contributed by atoms with Gasteiger partial charge < -0.3 is 15.5 Å². The van der Waals surface area contributed by atoms with Gasteiger partial charge in [-0.05, 0) is 54.2 Å². The number of amides is 3. The summed E-state index contributed by atoms with van der Waals surface area (Å²) in [6, 6.07) is 9.73. The SMILES string of the molecule is O=C(CC1SC(=O)N(c2ccc(Cl)cc2)C1=O)Nc1ccc(O)c(C(=O)O)c1. The van der Waals surface area contributed by atoms with E-state index in [9.17, 15) is 24.3 Å². The van der Waals surface area contributed by atoms with Gasteiger partial charge in [0.05, 0.1) is 5.69 Å². The van der Waals surface area contributed by atoms with Gasteiger partial charge in [0.15, 0.2) is 0 Å². The Labute approximate surface area is 168 Å². The second-order valence-electron chi connectivity index (χ2n) is 5.81. The number of hydrogen-bond donors (Lipinski definition) is 3. The van der Waals surface area contributed by atoms with Crippen molar-refractivity contribution >= 4 is 57.8 Å². The average molecular weight is 421 g/mol. The molecule has 8 nitrogen and oxygen atoms in total. The zero-order valence-corrected chi connectivity index (χ0v) is 15.7. The summed E-state index contributed by atoms with van der Waals surface area (Å²) in [5.41, 5.74) is 0.143. The number of carbonyl (C=O) groups is 4. The highest BCUT2D eigenvalue weighted by molar-refractivity contribution is 8.15. The third kappa shape index (κ3) is 4.10. The van der Waals surface area contributed by atoms with Crippen molar-refractivity contribution in [3.63, 3.8) is 0 Å². The minimum Gasteiger partial charge on any atom is -0.507 e. The number of halogens is 1. The second kappa shape index (κ2) is 7.91. The number of aromatic hydroxyl groups is 1. The van der Waals surface area contributed by atoms with Gasteiger partial charge in [0, 0.05) is 17.1 Å². The molecule has 3 amide bonds. The van der Waals surface area contributed by atoms with Gasteiger partial charge in [-0.1, -0.05) is 11.6 Å². The molecule has 1 unspecified atom stereocenters. The monoisotopic (exact) mass is 420 g/mol.